The normalized spacial score (nSPS) is 24.6. The Kier molecular flexibility index (Phi) is 9.64. The molecule has 1 aliphatic heterocycles. The summed E-state index contributed by atoms with van der Waals surface area (Å²) in [6.07, 6.45) is -2.89. The minimum atomic E-state index is -4.15. The zero-order valence-corrected chi connectivity index (χ0v) is 18.4. The quantitative estimate of drug-likeness (QED) is 0.116. The number of aliphatic hydroxyl groups excluding tert-OH is 1. The van der Waals surface area contributed by atoms with Gasteiger partial charge in [-0.1, -0.05) is 0 Å². The van der Waals surface area contributed by atoms with Gasteiger partial charge in [0.05, 0.1) is 38.4 Å². The molecule has 0 aromatic heterocycles. The van der Waals surface area contributed by atoms with Gasteiger partial charge in [0.15, 0.2) is 18.0 Å². The molecule has 1 saturated heterocycles. The number of hydrogen-bond donors (Lipinski definition) is 2. The molecule has 1 heterocycles. The van der Waals surface area contributed by atoms with Crippen LogP contribution in [0.3, 0.4) is 0 Å². The summed E-state index contributed by atoms with van der Waals surface area (Å²) in [6.45, 7) is 2.60. The zero-order chi connectivity index (χ0) is 23.1. The number of hydrogen-bond acceptors (Lipinski definition) is 13. The maximum Gasteiger partial charge on any atom is 0.347 e. The van der Waals surface area contributed by atoms with E-state index in [9.17, 15) is 31.5 Å². The van der Waals surface area contributed by atoms with Crippen molar-refractivity contribution < 1.29 is 54.1 Å². The number of aliphatic hydroxyl groups is 1. The molecule has 1 aliphatic rings. The SMILES string of the molecule is CCOC(=O)C(=CN[C@H]1COC(O)[C@H](OS(C)(=O)=O)[C@H]1OS(C)(=O)=O)C(=O)OCC. The topological polar surface area (TPSA) is 181 Å². The lowest BCUT2D eigenvalue weighted by Crippen LogP contribution is -2.60. The lowest BCUT2D eigenvalue weighted by molar-refractivity contribution is -0.213. The molecular formula is C15H25NO12S2. The fourth-order valence-electron chi connectivity index (χ4n) is 2.36. The third-order valence-corrected chi connectivity index (χ3v) is 4.60. The largest absolute Gasteiger partial charge is 0.462 e. The highest BCUT2D eigenvalue weighted by atomic mass is 32.2. The van der Waals surface area contributed by atoms with E-state index in [1.807, 2.05) is 0 Å². The second-order valence-electron chi connectivity index (χ2n) is 6.03. The monoisotopic (exact) mass is 475 g/mol. The Bertz CT molecular complexity index is 831. The minimum absolute atomic E-state index is 0.0294. The highest BCUT2D eigenvalue weighted by Gasteiger charge is 2.45. The first kappa shape index (κ1) is 26.3. The fourth-order valence-corrected chi connectivity index (χ4v) is 3.62. The molecule has 0 aliphatic carbocycles. The Morgan fingerprint density at radius 2 is 1.47 bits per heavy atom. The number of carbonyl (C=O) groups is 2. The first-order valence-corrected chi connectivity index (χ1v) is 12.3. The molecule has 15 heteroatoms. The van der Waals surface area contributed by atoms with Crippen molar-refractivity contribution in [3.63, 3.8) is 0 Å². The first-order valence-electron chi connectivity index (χ1n) is 8.65. The molecule has 1 rings (SSSR count). The van der Waals surface area contributed by atoms with Gasteiger partial charge in [0.2, 0.25) is 0 Å². The molecule has 174 valence electrons. The summed E-state index contributed by atoms with van der Waals surface area (Å²) in [5.74, 6) is -2.02. The second-order valence-corrected chi connectivity index (χ2v) is 9.23. The van der Waals surface area contributed by atoms with Crippen molar-refractivity contribution in [1.29, 1.82) is 0 Å². The van der Waals surface area contributed by atoms with Crippen LogP contribution in [0.1, 0.15) is 13.8 Å². The summed E-state index contributed by atoms with van der Waals surface area (Å²) in [6, 6.07) is -1.16. The van der Waals surface area contributed by atoms with Gasteiger partial charge < -0.3 is 24.6 Å². The second kappa shape index (κ2) is 11.0. The van der Waals surface area contributed by atoms with E-state index in [2.05, 4.69) is 5.32 Å². The molecule has 0 bridgehead atoms. The van der Waals surface area contributed by atoms with Gasteiger partial charge in [-0.3, -0.25) is 8.37 Å². The molecule has 0 spiro atoms. The van der Waals surface area contributed by atoms with Crippen molar-refractivity contribution in [2.45, 2.75) is 38.4 Å². The van der Waals surface area contributed by atoms with Crippen LogP contribution < -0.4 is 5.32 Å². The summed E-state index contributed by atoms with van der Waals surface area (Å²) in [5, 5.41) is 12.5. The average Bonchev–Trinajstić information content (AvgIpc) is 2.58. The van der Waals surface area contributed by atoms with Crippen LogP contribution in [-0.4, -0.2) is 90.8 Å². The molecule has 0 amide bonds. The van der Waals surface area contributed by atoms with E-state index in [-0.39, 0.29) is 19.8 Å². The molecule has 1 fully saturated rings. The van der Waals surface area contributed by atoms with Crippen LogP contribution >= 0.6 is 0 Å². The van der Waals surface area contributed by atoms with Gasteiger partial charge in [-0.15, -0.1) is 0 Å². The van der Waals surface area contributed by atoms with E-state index >= 15 is 0 Å². The molecule has 0 aromatic rings. The van der Waals surface area contributed by atoms with Crippen LogP contribution in [0.15, 0.2) is 11.8 Å². The number of rotatable bonds is 10. The Hall–Kier alpha value is -1.78. The molecular weight excluding hydrogens is 450 g/mol. The fraction of sp³-hybridized carbons (Fsp3) is 0.733. The van der Waals surface area contributed by atoms with Crippen molar-refractivity contribution in [2.75, 3.05) is 32.3 Å². The molecule has 0 radical (unpaired) electrons. The van der Waals surface area contributed by atoms with Crippen LogP contribution in [0.2, 0.25) is 0 Å². The van der Waals surface area contributed by atoms with E-state index in [1.165, 1.54) is 13.8 Å². The number of ether oxygens (including phenoxy) is 3. The van der Waals surface area contributed by atoms with Gasteiger partial charge in [0.1, 0.15) is 6.10 Å². The standard InChI is InChI=1S/C15H25NO12S2/c1-5-24-13(17)9(14(18)25-6-2)7-16-10-8-26-15(19)12(28-30(4,22)23)11(10)27-29(3,20)21/h7,10-12,15-16,19H,5-6,8H2,1-4H3/t10-,11-,12+,15?/m0/s1. The van der Waals surface area contributed by atoms with Crippen molar-refractivity contribution in [2.24, 2.45) is 0 Å². The highest BCUT2D eigenvalue weighted by Crippen LogP contribution is 2.23. The van der Waals surface area contributed by atoms with Crippen LogP contribution in [0.4, 0.5) is 0 Å². The Labute approximate surface area is 174 Å². The zero-order valence-electron chi connectivity index (χ0n) is 16.8. The Morgan fingerprint density at radius 1 is 1.00 bits per heavy atom. The lowest BCUT2D eigenvalue weighted by atomic mass is 10.0. The van der Waals surface area contributed by atoms with Gasteiger partial charge in [0.25, 0.3) is 20.2 Å². The van der Waals surface area contributed by atoms with Gasteiger partial charge in [-0.25, -0.2) is 9.59 Å². The molecule has 0 aromatic carbocycles. The number of nitrogens with one attached hydrogen (secondary N) is 1. The van der Waals surface area contributed by atoms with Crippen molar-refractivity contribution in [3.05, 3.63) is 11.8 Å². The maximum atomic E-state index is 12.0. The van der Waals surface area contributed by atoms with Crippen LogP contribution in [0.5, 0.6) is 0 Å². The van der Waals surface area contributed by atoms with E-state index in [0.29, 0.717) is 12.5 Å². The highest BCUT2D eigenvalue weighted by molar-refractivity contribution is 7.86. The summed E-state index contributed by atoms with van der Waals surface area (Å²) in [7, 11) is -8.29. The van der Waals surface area contributed by atoms with Crippen molar-refractivity contribution in [1.82, 2.24) is 5.32 Å². The summed E-state index contributed by atoms with van der Waals surface area (Å²) in [4.78, 5) is 24.0. The van der Waals surface area contributed by atoms with Gasteiger partial charge >= 0.3 is 11.9 Å². The summed E-state index contributed by atoms with van der Waals surface area (Å²) >= 11 is 0. The van der Waals surface area contributed by atoms with E-state index in [0.717, 1.165) is 6.20 Å². The van der Waals surface area contributed by atoms with Gasteiger partial charge in [-0.2, -0.15) is 16.8 Å². The maximum absolute atomic E-state index is 12.0. The van der Waals surface area contributed by atoms with Gasteiger partial charge in [-0.05, 0) is 13.8 Å². The third kappa shape index (κ3) is 8.53. The van der Waals surface area contributed by atoms with Crippen LogP contribution in [-0.2, 0) is 52.4 Å². The minimum Gasteiger partial charge on any atom is -0.462 e. The first-order chi connectivity index (χ1) is 13.8. The van der Waals surface area contributed by atoms with E-state index in [1.54, 1.807) is 0 Å². The van der Waals surface area contributed by atoms with E-state index < -0.39 is 62.3 Å². The molecule has 0 saturated carbocycles. The predicted octanol–water partition coefficient (Wildman–Crippen LogP) is -2.01. The van der Waals surface area contributed by atoms with Crippen LogP contribution in [0.25, 0.3) is 0 Å². The average molecular weight is 475 g/mol. The summed E-state index contributed by atoms with van der Waals surface area (Å²) < 4.78 is 70.5. The van der Waals surface area contributed by atoms with Gasteiger partial charge in [0, 0.05) is 6.20 Å². The van der Waals surface area contributed by atoms with Crippen LogP contribution in [0, 0.1) is 0 Å². The number of esters is 2. The molecule has 4 atom stereocenters. The molecule has 2 N–H and O–H groups in total. The molecule has 1 unspecified atom stereocenters. The summed E-state index contributed by atoms with van der Waals surface area (Å²) in [5.41, 5.74) is -0.538. The smallest absolute Gasteiger partial charge is 0.347 e. The predicted molar refractivity (Wildman–Crippen MR) is 99.7 cm³/mol. The molecule has 13 nitrogen and oxygen atoms in total. The Balaban J connectivity index is 3.24. The van der Waals surface area contributed by atoms with E-state index in [4.69, 9.17) is 22.6 Å². The molecule has 30 heavy (non-hydrogen) atoms. The Morgan fingerprint density at radius 3 is 1.90 bits per heavy atom. The lowest BCUT2D eigenvalue weighted by Gasteiger charge is -2.38. The third-order valence-electron chi connectivity index (χ3n) is 3.45. The van der Waals surface area contributed by atoms with Crippen molar-refractivity contribution in [3.8, 4) is 0 Å². The van der Waals surface area contributed by atoms with Crippen molar-refractivity contribution >= 4 is 32.2 Å². The number of carbonyl (C=O) groups excluding carboxylic acids is 2.